The number of rotatable bonds is 0. The molecule has 3 nitrogen and oxygen atoms in total. The van der Waals surface area contributed by atoms with Gasteiger partial charge in [0.15, 0.2) is 0 Å². The van der Waals surface area contributed by atoms with Gasteiger partial charge < -0.3 is 4.74 Å². The van der Waals surface area contributed by atoms with Crippen molar-refractivity contribution < 1.29 is 4.74 Å². The van der Waals surface area contributed by atoms with Crippen molar-refractivity contribution in [2.45, 2.75) is 0 Å². The van der Waals surface area contributed by atoms with Crippen LogP contribution >= 0.6 is 0 Å². The van der Waals surface area contributed by atoms with Gasteiger partial charge >= 0.3 is 0 Å². The minimum Gasteiger partial charge on any atom is -0.438 e. The normalized spacial score (nSPS) is 12.0. The SMILES string of the molecule is c1ccc2c(c1)Oc1nccc3ccnc-2c13. The Kier molecular flexibility index (Phi) is 1.56. The van der Waals surface area contributed by atoms with E-state index in [1.807, 2.05) is 42.6 Å². The predicted molar refractivity (Wildman–Crippen MR) is 65.0 cm³/mol. The maximum Gasteiger partial charge on any atom is 0.229 e. The van der Waals surface area contributed by atoms with E-state index in [1.54, 1.807) is 6.20 Å². The number of ether oxygens (including phenoxy) is 1. The van der Waals surface area contributed by atoms with Gasteiger partial charge in [-0.05, 0) is 29.7 Å². The molecule has 0 unspecified atom stereocenters. The van der Waals surface area contributed by atoms with E-state index in [1.165, 1.54) is 0 Å². The third-order valence-corrected chi connectivity index (χ3v) is 2.99. The Hall–Kier alpha value is -2.42. The molecule has 0 amide bonds. The standard InChI is InChI=1S/C14H8N2O/c1-2-4-11-10(3-1)13-12-9(5-7-15-13)6-8-16-14(12)17-11/h1-8H. The maximum atomic E-state index is 5.80. The number of benzene rings is 1. The molecule has 0 saturated carbocycles. The molecule has 0 saturated heterocycles. The second-order valence-corrected chi connectivity index (χ2v) is 3.97. The molecule has 0 bridgehead atoms. The van der Waals surface area contributed by atoms with Gasteiger partial charge in [0.25, 0.3) is 0 Å². The highest BCUT2D eigenvalue weighted by Crippen LogP contribution is 2.43. The second kappa shape index (κ2) is 3.04. The minimum absolute atomic E-state index is 0.643. The number of para-hydroxylation sites is 1. The minimum atomic E-state index is 0.643. The van der Waals surface area contributed by atoms with Crippen molar-refractivity contribution in [3.63, 3.8) is 0 Å². The summed E-state index contributed by atoms with van der Waals surface area (Å²) in [5.74, 6) is 1.46. The lowest BCUT2D eigenvalue weighted by Crippen LogP contribution is -1.99. The van der Waals surface area contributed by atoms with Gasteiger partial charge in [-0.1, -0.05) is 12.1 Å². The molecule has 0 N–H and O–H groups in total. The smallest absolute Gasteiger partial charge is 0.229 e. The van der Waals surface area contributed by atoms with Crippen LogP contribution in [0.3, 0.4) is 0 Å². The van der Waals surface area contributed by atoms with Crippen molar-refractivity contribution in [2.75, 3.05) is 0 Å². The molecule has 0 atom stereocenters. The van der Waals surface area contributed by atoms with Crippen LogP contribution in [0.4, 0.5) is 0 Å². The van der Waals surface area contributed by atoms with Crippen LogP contribution < -0.4 is 4.74 Å². The van der Waals surface area contributed by atoms with Crippen LogP contribution in [0.25, 0.3) is 22.0 Å². The van der Waals surface area contributed by atoms with E-state index in [0.29, 0.717) is 5.88 Å². The largest absolute Gasteiger partial charge is 0.438 e. The van der Waals surface area contributed by atoms with Crippen molar-refractivity contribution in [1.82, 2.24) is 9.97 Å². The molecule has 1 aliphatic rings. The van der Waals surface area contributed by atoms with Gasteiger partial charge in [0.2, 0.25) is 5.88 Å². The summed E-state index contributed by atoms with van der Waals surface area (Å²) >= 11 is 0. The van der Waals surface area contributed by atoms with Gasteiger partial charge in [0.05, 0.1) is 11.1 Å². The summed E-state index contributed by atoms with van der Waals surface area (Å²) < 4.78 is 5.80. The monoisotopic (exact) mass is 220 g/mol. The molecule has 0 spiro atoms. The van der Waals surface area contributed by atoms with Crippen LogP contribution in [0.2, 0.25) is 0 Å². The third kappa shape index (κ3) is 1.11. The van der Waals surface area contributed by atoms with E-state index in [9.17, 15) is 0 Å². The Labute approximate surface area is 97.7 Å². The Morgan fingerprint density at radius 1 is 0.882 bits per heavy atom. The van der Waals surface area contributed by atoms with Gasteiger partial charge in [-0.2, -0.15) is 0 Å². The number of hydrogen-bond donors (Lipinski definition) is 0. The van der Waals surface area contributed by atoms with E-state index >= 15 is 0 Å². The van der Waals surface area contributed by atoms with Gasteiger partial charge in [0.1, 0.15) is 5.75 Å². The number of hydrogen-bond acceptors (Lipinski definition) is 3. The summed E-state index contributed by atoms with van der Waals surface area (Å²) in [5, 5.41) is 2.10. The first kappa shape index (κ1) is 8.70. The molecule has 3 aromatic rings. The zero-order chi connectivity index (χ0) is 11.2. The molecule has 1 aromatic carbocycles. The number of pyridine rings is 2. The summed E-state index contributed by atoms with van der Waals surface area (Å²) in [6, 6.07) is 11.8. The first-order valence-electron chi connectivity index (χ1n) is 5.44. The van der Waals surface area contributed by atoms with Crippen LogP contribution in [0.15, 0.2) is 48.8 Å². The Balaban J connectivity index is 2.22. The summed E-state index contributed by atoms with van der Waals surface area (Å²) in [4.78, 5) is 8.73. The lowest BCUT2D eigenvalue weighted by atomic mass is 10.0. The molecule has 4 rings (SSSR count). The molecule has 1 aliphatic heterocycles. The lowest BCUT2D eigenvalue weighted by molar-refractivity contribution is 0.467. The molecule has 80 valence electrons. The van der Waals surface area contributed by atoms with Crippen LogP contribution in [0.1, 0.15) is 0 Å². The molecule has 17 heavy (non-hydrogen) atoms. The fourth-order valence-corrected chi connectivity index (χ4v) is 2.23. The number of nitrogens with zero attached hydrogens (tertiary/aromatic N) is 2. The average Bonchev–Trinajstić information content (AvgIpc) is 2.39. The van der Waals surface area contributed by atoms with Gasteiger partial charge in [-0.3, -0.25) is 4.98 Å². The van der Waals surface area contributed by atoms with Gasteiger partial charge in [0, 0.05) is 18.0 Å². The molecule has 0 fully saturated rings. The van der Waals surface area contributed by atoms with E-state index in [2.05, 4.69) is 9.97 Å². The van der Waals surface area contributed by atoms with E-state index in [4.69, 9.17) is 4.74 Å². The summed E-state index contributed by atoms with van der Waals surface area (Å²) in [7, 11) is 0. The van der Waals surface area contributed by atoms with E-state index in [0.717, 1.165) is 27.8 Å². The predicted octanol–water partition coefficient (Wildman–Crippen LogP) is 3.40. The maximum absolute atomic E-state index is 5.80. The molecule has 2 aromatic heterocycles. The topological polar surface area (TPSA) is 35.0 Å². The Morgan fingerprint density at radius 2 is 1.71 bits per heavy atom. The summed E-state index contributed by atoms with van der Waals surface area (Å²) in [6.07, 6.45) is 3.58. The fraction of sp³-hybridized carbons (Fsp3) is 0. The fourth-order valence-electron chi connectivity index (χ4n) is 2.23. The van der Waals surface area contributed by atoms with Crippen LogP contribution in [-0.2, 0) is 0 Å². The zero-order valence-electron chi connectivity index (χ0n) is 8.92. The average molecular weight is 220 g/mol. The molecular weight excluding hydrogens is 212 g/mol. The summed E-state index contributed by atoms with van der Waals surface area (Å²) in [6.45, 7) is 0. The molecule has 3 heteroatoms. The van der Waals surface area contributed by atoms with E-state index < -0.39 is 0 Å². The van der Waals surface area contributed by atoms with Crippen molar-refractivity contribution >= 4 is 10.8 Å². The molecule has 3 heterocycles. The number of fused-ring (bicyclic) bond motifs is 2. The van der Waals surface area contributed by atoms with Crippen LogP contribution in [-0.4, -0.2) is 9.97 Å². The molecule has 0 aliphatic carbocycles. The molecular formula is C14H8N2O. The van der Waals surface area contributed by atoms with Crippen molar-refractivity contribution in [3.05, 3.63) is 48.8 Å². The van der Waals surface area contributed by atoms with Crippen molar-refractivity contribution in [2.24, 2.45) is 0 Å². The Morgan fingerprint density at radius 3 is 2.65 bits per heavy atom. The van der Waals surface area contributed by atoms with Crippen LogP contribution in [0, 0.1) is 0 Å². The van der Waals surface area contributed by atoms with Gasteiger partial charge in [-0.15, -0.1) is 0 Å². The number of aromatic nitrogens is 2. The highest BCUT2D eigenvalue weighted by atomic mass is 16.5. The van der Waals surface area contributed by atoms with Crippen LogP contribution in [0.5, 0.6) is 11.6 Å². The highest BCUT2D eigenvalue weighted by molar-refractivity contribution is 6.00. The summed E-state index contributed by atoms with van der Waals surface area (Å²) in [5.41, 5.74) is 1.98. The van der Waals surface area contributed by atoms with Crippen molar-refractivity contribution in [1.29, 1.82) is 0 Å². The Bertz CT molecular complexity index is 732. The third-order valence-electron chi connectivity index (χ3n) is 2.99. The highest BCUT2D eigenvalue weighted by Gasteiger charge is 2.20. The lowest BCUT2D eigenvalue weighted by Gasteiger charge is -2.18. The van der Waals surface area contributed by atoms with Gasteiger partial charge in [-0.25, -0.2) is 4.98 Å². The van der Waals surface area contributed by atoms with E-state index in [-0.39, 0.29) is 0 Å². The molecule has 0 radical (unpaired) electrons. The van der Waals surface area contributed by atoms with Crippen molar-refractivity contribution in [3.8, 4) is 22.9 Å². The second-order valence-electron chi connectivity index (χ2n) is 3.97. The zero-order valence-corrected chi connectivity index (χ0v) is 8.92. The first-order valence-corrected chi connectivity index (χ1v) is 5.44. The quantitative estimate of drug-likeness (QED) is 0.455. The first-order chi connectivity index (χ1) is 8.43.